The quantitative estimate of drug-likeness (QED) is 0.550. The minimum Gasteiger partial charge on any atom is -0.470 e. The molecule has 0 radical (unpaired) electrons. The molecule has 2 rings (SSSR count). The van der Waals surface area contributed by atoms with Crippen LogP contribution in [-0.4, -0.2) is 38.9 Å². The number of halogens is 1. The minimum atomic E-state index is -1.18. The van der Waals surface area contributed by atoms with Crippen LogP contribution in [0.15, 0.2) is 24.6 Å². The fourth-order valence-electron chi connectivity index (χ4n) is 1.86. The van der Waals surface area contributed by atoms with Crippen LogP contribution < -0.4 is 0 Å². The molecule has 2 aliphatic rings. The predicted octanol–water partition coefficient (Wildman–Crippen LogP) is 0.530. The number of carbonyl (C=O) groups is 2. The Morgan fingerprint density at radius 1 is 1.65 bits per heavy atom. The summed E-state index contributed by atoms with van der Waals surface area (Å²) in [4.78, 5) is 22.8. The summed E-state index contributed by atoms with van der Waals surface area (Å²) in [7, 11) is 0. The van der Waals surface area contributed by atoms with Crippen LogP contribution in [0, 0.1) is 0 Å². The molecule has 0 unspecified atom stereocenters. The van der Waals surface area contributed by atoms with Gasteiger partial charge in [0.05, 0.1) is 6.42 Å². The highest BCUT2D eigenvalue weighted by Gasteiger charge is 2.53. The third-order valence-corrected chi connectivity index (χ3v) is 3.27. The molecule has 0 aromatic carbocycles. The van der Waals surface area contributed by atoms with E-state index in [1.807, 2.05) is 0 Å². The maximum absolute atomic E-state index is 11.7. The lowest BCUT2D eigenvalue weighted by Gasteiger charge is -2.33. The van der Waals surface area contributed by atoms with Crippen molar-refractivity contribution in [3.63, 3.8) is 0 Å². The van der Waals surface area contributed by atoms with Crippen molar-refractivity contribution in [3.8, 4) is 0 Å². The molecule has 92 valence electrons. The number of allylic oxidation sites excluding steroid dienone is 1. The van der Waals surface area contributed by atoms with Crippen molar-refractivity contribution in [1.29, 1.82) is 0 Å². The Hall–Kier alpha value is -1.33. The van der Waals surface area contributed by atoms with E-state index in [4.69, 9.17) is 16.3 Å². The van der Waals surface area contributed by atoms with Gasteiger partial charge in [0.25, 0.3) is 0 Å². The molecule has 2 heterocycles. The highest BCUT2D eigenvalue weighted by molar-refractivity contribution is 6.25. The van der Waals surface area contributed by atoms with Gasteiger partial charge in [-0.3, -0.25) is 14.5 Å². The Morgan fingerprint density at radius 3 is 2.76 bits per heavy atom. The molecule has 1 saturated heterocycles. The van der Waals surface area contributed by atoms with E-state index < -0.39 is 23.1 Å². The van der Waals surface area contributed by atoms with Crippen LogP contribution in [0.5, 0.6) is 0 Å². The van der Waals surface area contributed by atoms with E-state index in [0.29, 0.717) is 0 Å². The lowest BCUT2D eigenvalue weighted by molar-refractivity contribution is -0.140. The van der Waals surface area contributed by atoms with Crippen molar-refractivity contribution in [2.75, 3.05) is 0 Å². The Balaban J connectivity index is 2.30. The number of amides is 1. The number of nitrogens with zero attached hydrogens (tertiary/aromatic N) is 1. The number of ketones is 1. The molecule has 0 aromatic rings. The van der Waals surface area contributed by atoms with Crippen molar-refractivity contribution in [2.24, 2.45) is 0 Å². The second-order valence-electron chi connectivity index (χ2n) is 4.25. The third kappa shape index (κ3) is 1.85. The largest absolute Gasteiger partial charge is 0.470 e. The molecule has 1 fully saturated rings. The number of rotatable bonds is 1. The van der Waals surface area contributed by atoms with E-state index >= 15 is 0 Å². The van der Waals surface area contributed by atoms with Crippen LogP contribution in [0.2, 0.25) is 0 Å². The first kappa shape index (κ1) is 12.1. The molecule has 17 heavy (non-hydrogen) atoms. The Kier molecular flexibility index (Phi) is 2.75. The number of ether oxygens (including phenoxy) is 1. The topological polar surface area (TPSA) is 66.8 Å². The second kappa shape index (κ2) is 3.85. The molecular formula is C11H12ClNO4. The molecule has 1 amide bonds. The Labute approximate surface area is 103 Å². The van der Waals surface area contributed by atoms with Gasteiger partial charge in [0, 0.05) is 6.20 Å². The Bertz CT molecular complexity index is 429. The molecule has 6 heteroatoms. The standard InChI is InChI=1S/C11H12ClNO4/c1-6-9(16)11(2,12)10(17-6)13-4-3-7(14)5-8(13)15/h3-4,9-10,16H,1,5H2,2H3/t9-,10-,11-/m1/s1. The summed E-state index contributed by atoms with van der Waals surface area (Å²) in [5, 5.41) is 9.78. The summed E-state index contributed by atoms with van der Waals surface area (Å²) < 4.78 is 5.30. The van der Waals surface area contributed by atoms with E-state index in [9.17, 15) is 14.7 Å². The molecule has 0 bridgehead atoms. The number of carbonyl (C=O) groups excluding carboxylic acids is 2. The zero-order chi connectivity index (χ0) is 12.8. The van der Waals surface area contributed by atoms with Gasteiger partial charge in [-0.05, 0) is 13.0 Å². The first-order valence-corrected chi connectivity index (χ1v) is 5.46. The van der Waals surface area contributed by atoms with Gasteiger partial charge in [-0.2, -0.15) is 0 Å². The summed E-state index contributed by atoms with van der Waals surface area (Å²) in [6, 6.07) is 0. The van der Waals surface area contributed by atoms with Crippen molar-refractivity contribution < 1.29 is 19.4 Å². The number of hydrogen-bond acceptors (Lipinski definition) is 4. The number of alkyl halides is 1. The van der Waals surface area contributed by atoms with Crippen LogP contribution in [0.25, 0.3) is 0 Å². The summed E-state index contributed by atoms with van der Waals surface area (Å²) in [5.41, 5.74) is 0. The summed E-state index contributed by atoms with van der Waals surface area (Å²) in [5.74, 6) is -0.554. The fraction of sp³-hybridized carbons (Fsp3) is 0.455. The van der Waals surface area contributed by atoms with E-state index in [1.165, 1.54) is 17.2 Å². The van der Waals surface area contributed by atoms with E-state index in [0.717, 1.165) is 0 Å². The van der Waals surface area contributed by atoms with Gasteiger partial charge in [0.2, 0.25) is 5.91 Å². The van der Waals surface area contributed by atoms with Crippen LogP contribution in [0.4, 0.5) is 0 Å². The molecule has 3 atom stereocenters. The van der Waals surface area contributed by atoms with Crippen LogP contribution in [0.3, 0.4) is 0 Å². The van der Waals surface area contributed by atoms with Gasteiger partial charge in [-0.1, -0.05) is 6.58 Å². The molecule has 0 aromatic heterocycles. The number of aliphatic hydroxyl groups is 1. The predicted molar refractivity (Wildman–Crippen MR) is 59.9 cm³/mol. The summed E-state index contributed by atoms with van der Waals surface area (Å²) >= 11 is 6.17. The average Bonchev–Trinajstić information content (AvgIpc) is 2.43. The van der Waals surface area contributed by atoms with E-state index in [2.05, 4.69) is 6.58 Å². The van der Waals surface area contributed by atoms with Gasteiger partial charge >= 0.3 is 0 Å². The maximum atomic E-state index is 11.7. The highest BCUT2D eigenvalue weighted by Crippen LogP contribution is 2.40. The van der Waals surface area contributed by atoms with Crippen molar-refractivity contribution >= 4 is 23.3 Å². The molecule has 0 saturated carbocycles. The van der Waals surface area contributed by atoms with E-state index in [1.54, 1.807) is 6.92 Å². The first-order valence-electron chi connectivity index (χ1n) is 5.08. The fourth-order valence-corrected chi connectivity index (χ4v) is 2.13. The molecule has 2 aliphatic heterocycles. The zero-order valence-corrected chi connectivity index (χ0v) is 9.98. The van der Waals surface area contributed by atoms with E-state index in [-0.39, 0.29) is 18.0 Å². The molecular weight excluding hydrogens is 246 g/mol. The Morgan fingerprint density at radius 2 is 2.29 bits per heavy atom. The third-order valence-electron chi connectivity index (χ3n) is 2.87. The van der Waals surface area contributed by atoms with Crippen molar-refractivity contribution in [1.82, 2.24) is 4.90 Å². The van der Waals surface area contributed by atoms with Crippen LogP contribution >= 0.6 is 11.6 Å². The van der Waals surface area contributed by atoms with Gasteiger partial charge in [0.1, 0.15) is 16.7 Å². The molecule has 0 spiro atoms. The SMILES string of the molecule is C=C1O[C@@H](N2C=CC(=O)CC2=O)[C@](C)(Cl)[C@@H]1O. The summed E-state index contributed by atoms with van der Waals surface area (Å²) in [6.07, 6.45) is 0.471. The van der Waals surface area contributed by atoms with Gasteiger partial charge < -0.3 is 9.84 Å². The highest BCUT2D eigenvalue weighted by atomic mass is 35.5. The van der Waals surface area contributed by atoms with Crippen molar-refractivity contribution in [3.05, 3.63) is 24.6 Å². The van der Waals surface area contributed by atoms with Crippen LogP contribution in [-0.2, 0) is 14.3 Å². The van der Waals surface area contributed by atoms with Crippen LogP contribution in [0.1, 0.15) is 13.3 Å². The molecule has 0 aliphatic carbocycles. The normalized spacial score (nSPS) is 37.6. The lowest BCUT2D eigenvalue weighted by atomic mass is 10.0. The smallest absolute Gasteiger partial charge is 0.237 e. The first-order chi connectivity index (χ1) is 7.84. The number of hydrogen-bond donors (Lipinski definition) is 1. The lowest BCUT2D eigenvalue weighted by Crippen LogP contribution is -2.50. The van der Waals surface area contributed by atoms with Gasteiger partial charge in [0.15, 0.2) is 12.0 Å². The average molecular weight is 258 g/mol. The van der Waals surface area contributed by atoms with Gasteiger partial charge in [-0.25, -0.2) is 0 Å². The zero-order valence-electron chi connectivity index (χ0n) is 9.22. The van der Waals surface area contributed by atoms with Gasteiger partial charge in [-0.15, -0.1) is 11.6 Å². The summed E-state index contributed by atoms with van der Waals surface area (Å²) in [6.45, 7) is 5.09. The monoisotopic (exact) mass is 257 g/mol. The second-order valence-corrected chi connectivity index (χ2v) is 5.06. The minimum absolute atomic E-state index is 0.116. The molecule has 5 nitrogen and oxygen atoms in total. The van der Waals surface area contributed by atoms with Crippen molar-refractivity contribution in [2.45, 2.75) is 30.6 Å². The maximum Gasteiger partial charge on any atom is 0.237 e. The molecule has 1 N–H and O–H groups in total. The number of aliphatic hydroxyl groups excluding tert-OH is 1.